The van der Waals surface area contributed by atoms with Gasteiger partial charge in [-0.25, -0.2) is 0 Å². The van der Waals surface area contributed by atoms with Gasteiger partial charge in [-0.15, -0.1) is 0 Å². The molecule has 2 aromatic carbocycles. The highest BCUT2D eigenvalue weighted by atomic mass is 35.5. The molecule has 5 heteroatoms. The average molecular weight is 289 g/mol. The maximum Gasteiger partial charge on any atom is 0.231 e. The van der Waals surface area contributed by atoms with E-state index in [1.807, 2.05) is 49.4 Å². The maximum atomic E-state index is 6.06. The summed E-state index contributed by atoms with van der Waals surface area (Å²) < 4.78 is 10.6. The van der Waals surface area contributed by atoms with Crippen molar-refractivity contribution in [3.63, 3.8) is 0 Å². The third kappa shape index (κ3) is 2.56. The van der Waals surface area contributed by atoms with Crippen LogP contribution in [-0.4, -0.2) is 12.5 Å². The van der Waals surface area contributed by atoms with Crippen molar-refractivity contribution in [3.8, 4) is 11.5 Å². The van der Waals surface area contributed by atoms with E-state index in [1.54, 1.807) is 0 Å². The Morgan fingerprint density at radius 1 is 1.15 bits per heavy atom. The van der Waals surface area contributed by atoms with Crippen LogP contribution in [0.25, 0.3) is 0 Å². The number of para-hydroxylation sites is 1. The smallest absolute Gasteiger partial charge is 0.231 e. The number of benzene rings is 2. The van der Waals surface area contributed by atoms with E-state index in [0.717, 1.165) is 28.5 Å². The van der Waals surface area contributed by atoms with E-state index in [2.05, 4.69) is 10.5 Å². The minimum atomic E-state index is 0.271. The van der Waals surface area contributed by atoms with Crippen LogP contribution in [0.5, 0.6) is 11.5 Å². The van der Waals surface area contributed by atoms with Crippen molar-refractivity contribution in [2.45, 2.75) is 6.92 Å². The van der Waals surface area contributed by atoms with Crippen LogP contribution >= 0.6 is 11.6 Å². The molecule has 4 nitrogen and oxygen atoms in total. The highest BCUT2D eigenvalue weighted by molar-refractivity contribution is 6.33. The van der Waals surface area contributed by atoms with Gasteiger partial charge < -0.3 is 9.47 Å². The number of halogens is 1. The summed E-state index contributed by atoms with van der Waals surface area (Å²) in [6.45, 7) is 2.19. The molecule has 1 aliphatic heterocycles. The summed E-state index contributed by atoms with van der Waals surface area (Å²) in [7, 11) is 0. The Morgan fingerprint density at radius 3 is 2.80 bits per heavy atom. The van der Waals surface area contributed by atoms with E-state index in [9.17, 15) is 0 Å². The summed E-state index contributed by atoms with van der Waals surface area (Å²) in [6, 6.07) is 13.2. The molecule has 102 valence electrons. The van der Waals surface area contributed by atoms with Gasteiger partial charge in [0.1, 0.15) is 0 Å². The van der Waals surface area contributed by atoms with Crippen molar-refractivity contribution in [3.05, 3.63) is 53.1 Å². The zero-order valence-corrected chi connectivity index (χ0v) is 11.6. The Labute approximate surface area is 122 Å². The fraction of sp³-hybridized carbons (Fsp3) is 0.133. The van der Waals surface area contributed by atoms with Crippen LogP contribution in [-0.2, 0) is 0 Å². The second kappa shape index (κ2) is 5.43. The maximum absolute atomic E-state index is 6.06. The Hall–Kier alpha value is -2.20. The normalized spacial score (nSPS) is 13.4. The van der Waals surface area contributed by atoms with Gasteiger partial charge in [0.25, 0.3) is 0 Å². The quantitative estimate of drug-likeness (QED) is 0.688. The van der Waals surface area contributed by atoms with E-state index in [0.29, 0.717) is 5.02 Å². The summed E-state index contributed by atoms with van der Waals surface area (Å²) in [4.78, 5) is 0. The van der Waals surface area contributed by atoms with E-state index < -0.39 is 0 Å². The Bertz CT molecular complexity index is 671. The second-order valence-corrected chi connectivity index (χ2v) is 4.76. The van der Waals surface area contributed by atoms with Crippen LogP contribution in [0.2, 0.25) is 5.02 Å². The fourth-order valence-corrected chi connectivity index (χ4v) is 2.06. The van der Waals surface area contributed by atoms with Gasteiger partial charge in [0.2, 0.25) is 6.79 Å². The molecule has 0 aromatic heterocycles. The lowest BCUT2D eigenvalue weighted by atomic mass is 10.1. The SMILES string of the molecule is C/C(=N\Nc1ccccc1Cl)c1ccc2c(c1)OCO2. The first-order valence-corrected chi connectivity index (χ1v) is 6.57. The zero-order chi connectivity index (χ0) is 13.9. The van der Waals surface area contributed by atoms with Crippen LogP contribution in [0.15, 0.2) is 47.6 Å². The lowest BCUT2D eigenvalue weighted by Crippen LogP contribution is -2.00. The molecule has 3 rings (SSSR count). The number of hydrazone groups is 1. The van der Waals surface area contributed by atoms with Crippen molar-refractivity contribution in [2.24, 2.45) is 5.10 Å². The van der Waals surface area contributed by atoms with E-state index >= 15 is 0 Å². The Balaban J connectivity index is 1.80. The van der Waals surface area contributed by atoms with Crippen molar-refractivity contribution >= 4 is 23.0 Å². The predicted molar refractivity (Wildman–Crippen MR) is 79.9 cm³/mol. The first kappa shape index (κ1) is 12.8. The molecule has 0 atom stereocenters. The Kier molecular flexibility index (Phi) is 3.48. The monoisotopic (exact) mass is 288 g/mol. The lowest BCUT2D eigenvalue weighted by Gasteiger charge is -2.06. The average Bonchev–Trinajstić information content (AvgIpc) is 2.93. The molecule has 0 spiro atoms. The van der Waals surface area contributed by atoms with Gasteiger partial charge in [-0.05, 0) is 37.3 Å². The van der Waals surface area contributed by atoms with Gasteiger partial charge in [-0.1, -0.05) is 23.7 Å². The molecular weight excluding hydrogens is 276 g/mol. The van der Waals surface area contributed by atoms with Crippen molar-refractivity contribution < 1.29 is 9.47 Å². The van der Waals surface area contributed by atoms with Gasteiger partial charge in [-0.3, -0.25) is 5.43 Å². The molecule has 0 saturated carbocycles. The van der Waals surface area contributed by atoms with Crippen molar-refractivity contribution in [1.82, 2.24) is 0 Å². The third-order valence-corrected chi connectivity index (χ3v) is 3.34. The van der Waals surface area contributed by atoms with Gasteiger partial charge in [0.05, 0.1) is 16.4 Å². The predicted octanol–water partition coefficient (Wildman–Crippen LogP) is 3.90. The molecule has 20 heavy (non-hydrogen) atoms. The van der Waals surface area contributed by atoms with E-state index in [-0.39, 0.29) is 6.79 Å². The molecule has 1 aliphatic rings. The number of nitrogens with zero attached hydrogens (tertiary/aromatic N) is 1. The van der Waals surface area contributed by atoms with Gasteiger partial charge in [0, 0.05) is 5.56 Å². The largest absolute Gasteiger partial charge is 0.454 e. The van der Waals surface area contributed by atoms with Crippen LogP contribution in [0, 0.1) is 0 Å². The van der Waals surface area contributed by atoms with Crippen molar-refractivity contribution in [1.29, 1.82) is 0 Å². The molecule has 0 saturated heterocycles. The van der Waals surface area contributed by atoms with Crippen LogP contribution in [0.4, 0.5) is 5.69 Å². The van der Waals surface area contributed by atoms with Crippen LogP contribution < -0.4 is 14.9 Å². The van der Waals surface area contributed by atoms with Gasteiger partial charge in [-0.2, -0.15) is 5.10 Å². The van der Waals surface area contributed by atoms with Gasteiger partial charge in [0.15, 0.2) is 11.5 Å². The first-order chi connectivity index (χ1) is 9.74. The molecule has 0 unspecified atom stereocenters. The highest BCUT2D eigenvalue weighted by Crippen LogP contribution is 2.32. The third-order valence-electron chi connectivity index (χ3n) is 3.01. The van der Waals surface area contributed by atoms with E-state index in [4.69, 9.17) is 21.1 Å². The summed E-state index contributed by atoms with van der Waals surface area (Å²) >= 11 is 6.06. The number of fused-ring (bicyclic) bond motifs is 1. The number of hydrogen-bond donors (Lipinski definition) is 1. The minimum Gasteiger partial charge on any atom is -0.454 e. The first-order valence-electron chi connectivity index (χ1n) is 6.19. The number of nitrogens with one attached hydrogen (secondary N) is 1. The number of hydrogen-bond acceptors (Lipinski definition) is 4. The molecule has 0 fully saturated rings. The summed E-state index contributed by atoms with van der Waals surface area (Å²) in [5.41, 5.74) is 5.54. The molecule has 1 N–H and O–H groups in total. The standard InChI is InChI=1S/C15H13ClN2O2/c1-10(17-18-13-5-3-2-4-12(13)16)11-6-7-14-15(8-11)20-9-19-14/h2-8,18H,9H2,1H3/b17-10+. The summed E-state index contributed by atoms with van der Waals surface area (Å²) in [6.07, 6.45) is 0. The van der Waals surface area contributed by atoms with Crippen molar-refractivity contribution in [2.75, 3.05) is 12.2 Å². The number of anilines is 1. The minimum absolute atomic E-state index is 0.271. The summed E-state index contributed by atoms with van der Waals surface area (Å²) in [5.74, 6) is 1.51. The van der Waals surface area contributed by atoms with E-state index in [1.165, 1.54) is 0 Å². The molecule has 1 heterocycles. The molecular formula is C15H13ClN2O2. The zero-order valence-electron chi connectivity index (χ0n) is 10.9. The lowest BCUT2D eigenvalue weighted by molar-refractivity contribution is 0.174. The fourth-order valence-electron chi connectivity index (χ4n) is 1.88. The number of ether oxygens (including phenoxy) is 2. The van der Waals surface area contributed by atoms with Gasteiger partial charge >= 0.3 is 0 Å². The second-order valence-electron chi connectivity index (χ2n) is 4.36. The molecule has 0 bridgehead atoms. The Morgan fingerprint density at radius 2 is 1.95 bits per heavy atom. The van der Waals surface area contributed by atoms with Crippen LogP contribution in [0.3, 0.4) is 0 Å². The molecule has 0 aliphatic carbocycles. The van der Waals surface area contributed by atoms with Crippen LogP contribution in [0.1, 0.15) is 12.5 Å². The molecule has 2 aromatic rings. The molecule has 0 amide bonds. The highest BCUT2D eigenvalue weighted by Gasteiger charge is 2.13. The molecule has 0 radical (unpaired) electrons. The topological polar surface area (TPSA) is 42.9 Å². The number of rotatable bonds is 3. The summed E-state index contributed by atoms with van der Waals surface area (Å²) in [5, 5.41) is 4.97.